The molecule has 0 aromatic heterocycles. The minimum atomic E-state index is -1.75. The summed E-state index contributed by atoms with van der Waals surface area (Å²) in [6.45, 7) is 4.17. The van der Waals surface area contributed by atoms with Crippen molar-refractivity contribution in [1.82, 2.24) is 15.1 Å². The van der Waals surface area contributed by atoms with E-state index in [1.165, 1.54) is 6.92 Å². The summed E-state index contributed by atoms with van der Waals surface area (Å²) in [5.74, 6) is -2.09. The van der Waals surface area contributed by atoms with Crippen LogP contribution in [0.15, 0.2) is 18.2 Å². The zero-order valence-corrected chi connectivity index (χ0v) is 14.7. The molecular formula is C18H21F2N3O3. The van der Waals surface area contributed by atoms with Crippen LogP contribution in [0, 0.1) is 17.6 Å². The molecule has 8 heteroatoms. The molecule has 0 radical (unpaired) electrons. The number of benzene rings is 1. The van der Waals surface area contributed by atoms with Gasteiger partial charge in [0, 0.05) is 18.7 Å². The number of nitrogens with one attached hydrogen (secondary N) is 1. The van der Waals surface area contributed by atoms with E-state index in [1.54, 1.807) is 4.90 Å². The van der Waals surface area contributed by atoms with Gasteiger partial charge in [0.15, 0.2) is 0 Å². The third kappa shape index (κ3) is 3.15. The summed E-state index contributed by atoms with van der Waals surface area (Å²) >= 11 is 0. The molecule has 3 rings (SSSR count). The van der Waals surface area contributed by atoms with Gasteiger partial charge in [0.25, 0.3) is 5.91 Å². The first-order chi connectivity index (χ1) is 12.2. The van der Waals surface area contributed by atoms with Gasteiger partial charge in [0.1, 0.15) is 23.7 Å². The van der Waals surface area contributed by atoms with Crippen molar-refractivity contribution >= 4 is 17.8 Å². The van der Waals surface area contributed by atoms with Gasteiger partial charge in [0.05, 0.1) is 0 Å². The van der Waals surface area contributed by atoms with E-state index in [4.69, 9.17) is 0 Å². The number of carbonyl (C=O) groups is 3. The van der Waals surface area contributed by atoms with Crippen LogP contribution in [0.4, 0.5) is 13.6 Å². The van der Waals surface area contributed by atoms with Crippen LogP contribution in [0.2, 0.25) is 0 Å². The van der Waals surface area contributed by atoms with Crippen molar-refractivity contribution in [3.63, 3.8) is 0 Å². The van der Waals surface area contributed by atoms with Crippen molar-refractivity contribution in [2.24, 2.45) is 5.92 Å². The summed E-state index contributed by atoms with van der Waals surface area (Å²) in [5, 5.41) is 2.39. The molecule has 1 aromatic rings. The van der Waals surface area contributed by atoms with Gasteiger partial charge in [-0.1, -0.05) is 6.92 Å². The minimum absolute atomic E-state index is 0.266. The third-order valence-corrected chi connectivity index (χ3v) is 5.17. The number of nitrogens with zero attached hydrogens (tertiary/aromatic N) is 2. The molecule has 2 fully saturated rings. The van der Waals surface area contributed by atoms with Crippen LogP contribution >= 0.6 is 0 Å². The zero-order valence-electron chi connectivity index (χ0n) is 14.7. The Morgan fingerprint density at radius 3 is 2.58 bits per heavy atom. The number of carbonyl (C=O) groups excluding carboxylic acids is 3. The minimum Gasteiger partial charge on any atom is -0.341 e. The molecule has 2 saturated heterocycles. The van der Waals surface area contributed by atoms with Crippen LogP contribution in [0.3, 0.4) is 0 Å². The summed E-state index contributed by atoms with van der Waals surface area (Å²) in [5.41, 5.74) is -2.02. The number of rotatable bonds is 3. The monoisotopic (exact) mass is 365 g/mol. The Hall–Kier alpha value is -2.51. The molecule has 0 unspecified atom stereocenters. The van der Waals surface area contributed by atoms with Crippen LogP contribution in [-0.4, -0.2) is 47.3 Å². The van der Waals surface area contributed by atoms with Crippen LogP contribution in [0.25, 0.3) is 0 Å². The average Bonchev–Trinajstić information content (AvgIpc) is 2.81. The van der Waals surface area contributed by atoms with Crippen LogP contribution < -0.4 is 5.32 Å². The number of amides is 4. The lowest BCUT2D eigenvalue weighted by Gasteiger charge is -2.31. The second kappa shape index (κ2) is 6.66. The molecular weight excluding hydrogens is 344 g/mol. The largest absolute Gasteiger partial charge is 0.341 e. The van der Waals surface area contributed by atoms with Crippen LogP contribution in [0.5, 0.6) is 0 Å². The first kappa shape index (κ1) is 18.3. The molecule has 0 saturated carbocycles. The van der Waals surface area contributed by atoms with Gasteiger partial charge in [-0.15, -0.1) is 0 Å². The van der Waals surface area contributed by atoms with Gasteiger partial charge in [-0.3, -0.25) is 14.5 Å². The fourth-order valence-electron chi connectivity index (χ4n) is 3.40. The molecule has 4 amide bonds. The van der Waals surface area contributed by atoms with Gasteiger partial charge in [-0.25, -0.2) is 13.6 Å². The maximum Gasteiger partial charge on any atom is 0.325 e. The lowest BCUT2D eigenvalue weighted by molar-refractivity contribution is -0.139. The standard InChI is InChI=1S/C18H21F2N3O3/c1-11-5-7-22(8-6-11)15(24)10-23-16(25)18(2,21-17(23)26)13-9-12(19)3-4-14(13)20/h3-4,9,11H,5-8,10H2,1-2H3,(H,21,26)/t18-/m1/s1. The Kier molecular flexibility index (Phi) is 4.68. The number of urea groups is 1. The molecule has 0 bridgehead atoms. The van der Waals surface area contributed by atoms with E-state index in [2.05, 4.69) is 12.2 Å². The highest BCUT2D eigenvalue weighted by Crippen LogP contribution is 2.31. The predicted octanol–water partition coefficient (Wildman–Crippen LogP) is 1.99. The average molecular weight is 365 g/mol. The lowest BCUT2D eigenvalue weighted by atomic mass is 9.91. The highest BCUT2D eigenvalue weighted by Gasteiger charge is 2.51. The summed E-state index contributed by atoms with van der Waals surface area (Å²) in [7, 11) is 0. The maximum absolute atomic E-state index is 14.1. The van der Waals surface area contributed by atoms with E-state index in [0.717, 1.165) is 35.9 Å². The Morgan fingerprint density at radius 2 is 1.92 bits per heavy atom. The number of hydrogen-bond acceptors (Lipinski definition) is 3. The number of piperidine rings is 1. The van der Waals surface area contributed by atoms with Gasteiger partial charge >= 0.3 is 6.03 Å². The van der Waals surface area contributed by atoms with Crippen molar-refractivity contribution in [3.05, 3.63) is 35.4 Å². The molecule has 140 valence electrons. The maximum atomic E-state index is 14.1. The Balaban J connectivity index is 1.78. The summed E-state index contributed by atoms with van der Waals surface area (Å²) in [6.07, 6.45) is 1.75. The fraction of sp³-hybridized carbons (Fsp3) is 0.500. The molecule has 0 aliphatic carbocycles. The first-order valence-electron chi connectivity index (χ1n) is 8.60. The molecule has 1 atom stereocenters. The third-order valence-electron chi connectivity index (χ3n) is 5.17. The quantitative estimate of drug-likeness (QED) is 0.833. The molecule has 6 nitrogen and oxygen atoms in total. The second-order valence-electron chi connectivity index (χ2n) is 7.13. The van der Waals surface area contributed by atoms with Crippen molar-refractivity contribution < 1.29 is 23.2 Å². The van der Waals surface area contributed by atoms with Crippen LogP contribution in [0.1, 0.15) is 32.3 Å². The fourth-order valence-corrected chi connectivity index (χ4v) is 3.40. The van der Waals surface area contributed by atoms with E-state index in [9.17, 15) is 23.2 Å². The topological polar surface area (TPSA) is 69.7 Å². The Bertz CT molecular complexity index is 762. The van der Waals surface area contributed by atoms with Gasteiger partial charge < -0.3 is 10.2 Å². The normalized spacial score (nSPS) is 24.2. The van der Waals surface area contributed by atoms with Crippen molar-refractivity contribution in [2.45, 2.75) is 32.2 Å². The molecule has 2 aliphatic rings. The van der Waals surface area contributed by atoms with Gasteiger partial charge in [0.2, 0.25) is 5.91 Å². The van der Waals surface area contributed by atoms with E-state index < -0.39 is 35.7 Å². The van der Waals surface area contributed by atoms with E-state index in [0.29, 0.717) is 19.0 Å². The Morgan fingerprint density at radius 1 is 1.27 bits per heavy atom. The SMILES string of the molecule is CC1CCN(C(=O)CN2C(=O)N[C@](C)(c3cc(F)ccc3F)C2=O)CC1. The second-order valence-corrected chi connectivity index (χ2v) is 7.13. The summed E-state index contributed by atoms with van der Waals surface area (Å²) in [6, 6.07) is 1.92. The van der Waals surface area contributed by atoms with E-state index in [-0.39, 0.29) is 11.5 Å². The number of imide groups is 1. The molecule has 1 N–H and O–H groups in total. The summed E-state index contributed by atoms with van der Waals surface area (Å²) < 4.78 is 27.6. The van der Waals surface area contributed by atoms with Crippen molar-refractivity contribution in [1.29, 1.82) is 0 Å². The summed E-state index contributed by atoms with van der Waals surface area (Å²) in [4.78, 5) is 39.8. The number of likely N-dealkylation sites (tertiary alicyclic amines) is 1. The molecule has 2 heterocycles. The predicted molar refractivity (Wildman–Crippen MR) is 88.9 cm³/mol. The zero-order chi connectivity index (χ0) is 19.1. The highest BCUT2D eigenvalue weighted by molar-refractivity contribution is 6.09. The number of hydrogen-bond donors (Lipinski definition) is 1. The molecule has 2 aliphatic heterocycles. The lowest BCUT2D eigenvalue weighted by Crippen LogP contribution is -2.46. The van der Waals surface area contributed by atoms with E-state index >= 15 is 0 Å². The smallest absolute Gasteiger partial charge is 0.325 e. The highest BCUT2D eigenvalue weighted by atomic mass is 19.1. The van der Waals surface area contributed by atoms with Gasteiger partial charge in [-0.05, 0) is 43.9 Å². The number of halogens is 2. The molecule has 0 spiro atoms. The molecule has 26 heavy (non-hydrogen) atoms. The van der Waals surface area contributed by atoms with Gasteiger partial charge in [-0.2, -0.15) is 0 Å². The first-order valence-corrected chi connectivity index (χ1v) is 8.60. The van der Waals surface area contributed by atoms with E-state index in [1.807, 2.05) is 0 Å². The van der Waals surface area contributed by atoms with Crippen molar-refractivity contribution in [2.75, 3.05) is 19.6 Å². The molecule has 1 aromatic carbocycles. The Labute approximate surface area is 150 Å². The van der Waals surface area contributed by atoms with Crippen LogP contribution in [-0.2, 0) is 15.1 Å². The van der Waals surface area contributed by atoms with Crippen molar-refractivity contribution in [3.8, 4) is 0 Å².